The minimum absolute atomic E-state index is 0.198. The highest BCUT2D eigenvalue weighted by Crippen LogP contribution is 2.30. The van der Waals surface area contributed by atoms with E-state index >= 15 is 0 Å². The number of allylic oxidation sites excluding steroid dienone is 4. The summed E-state index contributed by atoms with van der Waals surface area (Å²) in [6.07, 6.45) is 14.2. The van der Waals surface area contributed by atoms with Crippen LogP contribution in [-0.2, 0) is 30.2 Å². The molecule has 1 fully saturated rings. The van der Waals surface area contributed by atoms with Crippen molar-refractivity contribution in [2.45, 2.75) is 51.6 Å². The van der Waals surface area contributed by atoms with Gasteiger partial charge in [0.25, 0.3) is 0 Å². The second-order valence-electron chi connectivity index (χ2n) is 10.4. The minimum Gasteiger partial charge on any atom is -0.481 e. The molecular weight excluding hydrogens is 552 g/mol. The summed E-state index contributed by atoms with van der Waals surface area (Å²) in [6, 6.07) is 5.68. The Balaban J connectivity index is 1.19. The molecule has 0 spiro atoms. The number of pyridine rings is 2. The predicted molar refractivity (Wildman–Crippen MR) is 158 cm³/mol. The van der Waals surface area contributed by atoms with Gasteiger partial charge in [-0.2, -0.15) is 0 Å². The molecule has 11 heteroatoms. The number of methoxy groups -OCH3 is 1. The number of carbonyl (C=O) groups is 2. The van der Waals surface area contributed by atoms with Gasteiger partial charge in [-0.25, -0.2) is 14.7 Å². The van der Waals surface area contributed by atoms with Crippen LogP contribution in [0, 0.1) is 0 Å². The van der Waals surface area contributed by atoms with Crippen molar-refractivity contribution in [1.82, 2.24) is 19.8 Å². The fraction of sp³-hybridized carbons (Fsp3) is 0.438. The summed E-state index contributed by atoms with van der Waals surface area (Å²) in [4.78, 5) is 37.6. The van der Waals surface area contributed by atoms with E-state index in [4.69, 9.17) is 23.7 Å². The highest BCUT2D eigenvalue weighted by atomic mass is 16.6. The lowest BCUT2D eigenvalue weighted by molar-refractivity contribution is -0.143. The van der Waals surface area contributed by atoms with Crippen LogP contribution < -0.4 is 4.74 Å². The molecule has 4 heterocycles. The van der Waals surface area contributed by atoms with Crippen LogP contribution in [0.1, 0.15) is 44.6 Å². The largest absolute Gasteiger partial charge is 0.481 e. The molecule has 1 aliphatic carbocycles. The molecule has 0 bridgehead atoms. The Hall–Kier alpha value is -4.38. The summed E-state index contributed by atoms with van der Waals surface area (Å²) in [5, 5.41) is 0. The van der Waals surface area contributed by atoms with Gasteiger partial charge in [0.2, 0.25) is 11.8 Å². The van der Waals surface area contributed by atoms with E-state index in [-0.39, 0.29) is 12.1 Å². The fourth-order valence-electron chi connectivity index (χ4n) is 5.23. The normalized spacial score (nSPS) is 18.0. The maximum Gasteiger partial charge on any atom is 0.417 e. The number of amides is 1. The molecule has 1 saturated heterocycles. The number of hydrogen-bond donors (Lipinski definition) is 0. The molecule has 2 aromatic heterocycles. The van der Waals surface area contributed by atoms with E-state index in [9.17, 15) is 9.59 Å². The molecule has 2 aliphatic heterocycles. The summed E-state index contributed by atoms with van der Waals surface area (Å²) < 4.78 is 27.7. The zero-order valence-corrected chi connectivity index (χ0v) is 24.7. The third-order valence-corrected chi connectivity index (χ3v) is 7.51. The summed E-state index contributed by atoms with van der Waals surface area (Å²) in [5.74, 6) is 1.26. The fourth-order valence-corrected chi connectivity index (χ4v) is 5.23. The summed E-state index contributed by atoms with van der Waals surface area (Å²) in [6.45, 7) is 4.63. The first kappa shape index (κ1) is 30.1. The standard InChI is InChI=1S/C32H38N4O7/c1-3-41-30(37)10-7-17-35(18-14-24-13-16-33-26-11-12-28(39-2)34-31(24)26)19-15-25-20-36(32(38)42-25)29-22-40-21-27(43-29)23-8-5-4-6-9-23/h4-5,8,11-13,16,21-22,25H,3,6-7,9-10,14-15,17-20H2,1-2H3. The molecule has 0 radical (unpaired) electrons. The van der Waals surface area contributed by atoms with E-state index in [0.717, 1.165) is 48.0 Å². The highest BCUT2D eigenvalue weighted by Gasteiger charge is 2.36. The zero-order chi connectivity index (χ0) is 30.0. The molecule has 11 nitrogen and oxygen atoms in total. The SMILES string of the molecule is CCOC(=O)CCCN(CCc1ccnc2ccc(OC)nc12)CCC1CN(C2=COC=C(C3=CC=CCC3)O2)C(=O)O1. The third-order valence-electron chi connectivity index (χ3n) is 7.51. The van der Waals surface area contributed by atoms with Crippen LogP contribution in [0.5, 0.6) is 5.88 Å². The molecule has 43 heavy (non-hydrogen) atoms. The monoisotopic (exact) mass is 590 g/mol. The van der Waals surface area contributed by atoms with Gasteiger partial charge in [0.1, 0.15) is 12.4 Å². The van der Waals surface area contributed by atoms with Gasteiger partial charge in [0.05, 0.1) is 31.3 Å². The molecule has 0 aromatic carbocycles. The number of esters is 1. The summed E-state index contributed by atoms with van der Waals surface area (Å²) in [5.41, 5.74) is 3.70. The molecule has 5 rings (SSSR count). The van der Waals surface area contributed by atoms with E-state index in [1.165, 1.54) is 11.2 Å². The van der Waals surface area contributed by atoms with Crippen LogP contribution in [0.25, 0.3) is 11.0 Å². The van der Waals surface area contributed by atoms with Crippen LogP contribution in [0.4, 0.5) is 4.79 Å². The van der Waals surface area contributed by atoms with Gasteiger partial charge in [-0.3, -0.25) is 9.78 Å². The van der Waals surface area contributed by atoms with Gasteiger partial charge in [-0.1, -0.05) is 18.2 Å². The van der Waals surface area contributed by atoms with Crippen LogP contribution in [0.15, 0.2) is 72.4 Å². The Kier molecular flexibility index (Phi) is 10.3. The number of hydrogen-bond acceptors (Lipinski definition) is 10. The zero-order valence-electron chi connectivity index (χ0n) is 24.7. The lowest BCUT2D eigenvalue weighted by Crippen LogP contribution is -2.32. The van der Waals surface area contributed by atoms with Crippen molar-refractivity contribution in [3.63, 3.8) is 0 Å². The van der Waals surface area contributed by atoms with Crippen LogP contribution in [0.3, 0.4) is 0 Å². The van der Waals surface area contributed by atoms with E-state index in [1.54, 1.807) is 32.6 Å². The van der Waals surface area contributed by atoms with Crippen molar-refractivity contribution < 1.29 is 33.3 Å². The smallest absolute Gasteiger partial charge is 0.417 e. The Morgan fingerprint density at radius 1 is 1.19 bits per heavy atom. The third kappa shape index (κ3) is 7.92. The number of fused-ring (bicyclic) bond motifs is 1. The maximum atomic E-state index is 12.8. The molecule has 0 N–H and O–H groups in total. The number of cyclic esters (lactones) is 1. The summed E-state index contributed by atoms with van der Waals surface area (Å²) >= 11 is 0. The van der Waals surface area contributed by atoms with Gasteiger partial charge >= 0.3 is 12.1 Å². The van der Waals surface area contributed by atoms with Crippen molar-refractivity contribution in [3.8, 4) is 5.88 Å². The quantitative estimate of drug-likeness (QED) is 0.279. The highest BCUT2D eigenvalue weighted by molar-refractivity contribution is 5.78. The van der Waals surface area contributed by atoms with E-state index < -0.39 is 6.09 Å². The molecule has 3 aliphatic rings. The van der Waals surface area contributed by atoms with Crippen LogP contribution in [0.2, 0.25) is 0 Å². The van der Waals surface area contributed by atoms with Crippen molar-refractivity contribution in [1.29, 1.82) is 0 Å². The topological polar surface area (TPSA) is 113 Å². The van der Waals surface area contributed by atoms with E-state index in [2.05, 4.69) is 20.9 Å². The van der Waals surface area contributed by atoms with Gasteiger partial charge in [-0.05, 0) is 68.8 Å². The molecular formula is C32H38N4O7. The van der Waals surface area contributed by atoms with Gasteiger partial charge in [0.15, 0.2) is 12.0 Å². The molecule has 1 amide bonds. The molecule has 2 aromatic rings. The second-order valence-corrected chi connectivity index (χ2v) is 10.4. The van der Waals surface area contributed by atoms with Crippen LogP contribution >= 0.6 is 0 Å². The van der Waals surface area contributed by atoms with Crippen molar-refractivity contribution in [2.75, 3.05) is 39.9 Å². The van der Waals surface area contributed by atoms with Gasteiger partial charge in [0, 0.05) is 31.8 Å². The Morgan fingerprint density at radius 3 is 2.91 bits per heavy atom. The van der Waals surface area contributed by atoms with Crippen molar-refractivity contribution in [3.05, 3.63) is 77.9 Å². The number of ether oxygens (including phenoxy) is 5. The van der Waals surface area contributed by atoms with Gasteiger partial charge in [-0.15, -0.1) is 0 Å². The van der Waals surface area contributed by atoms with Crippen molar-refractivity contribution >= 4 is 23.1 Å². The van der Waals surface area contributed by atoms with Crippen LogP contribution in [-0.4, -0.2) is 77.8 Å². The average molecular weight is 591 g/mol. The lowest BCUT2D eigenvalue weighted by Gasteiger charge is -2.24. The average Bonchev–Trinajstić information content (AvgIpc) is 3.42. The first-order valence-electron chi connectivity index (χ1n) is 14.8. The lowest BCUT2D eigenvalue weighted by atomic mass is 10.0. The Bertz CT molecular complexity index is 1430. The summed E-state index contributed by atoms with van der Waals surface area (Å²) in [7, 11) is 1.60. The molecule has 1 atom stereocenters. The minimum atomic E-state index is -0.462. The molecule has 0 saturated carbocycles. The molecule has 1 unspecified atom stereocenters. The number of rotatable bonds is 14. The molecule has 228 valence electrons. The Morgan fingerprint density at radius 2 is 2.09 bits per heavy atom. The van der Waals surface area contributed by atoms with Crippen molar-refractivity contribution in [2.24, 2.45) is 0 Å². The van der Waals surface area contributed by atoms with E-state index in [0.29, 0.717) is 63.0 Å². The first-order chi connectivity index (χ1) is 21.0. The van der Waals surface area contributed by atoms with Gasteiger partial charge < -0.3 is 28.6 Å². The predicted octanol–water partition coefficient (Wildman–Crippen LogP) is 5.00. The maximum absolute atomic E-state index is 12.8. The Labute approximate surface area is 251 Å². The first-order valence-corrected chi connectivity index (χ1v) is 14.8. The number of carbonyl (C=O) groups excluding carboxylic acids is 2. The number of aromatic nitrogens is 2. The van der Waals surface area contributed by atoms with E-state index in [1.807, 2.05) is 24.3 Å². The number of nitrogens with zero attached hydrogens (tertiary/aromatic N) is 4. The second kappa shape index (κ2) is 14.7.